The van der Waals surface area contributed by atoms with E-state index in [1.54, 1.807) is 0 Å². The number of aryl methyl sites for hydroxylation is 3. The number of amides is 2. The maximum absolute atomic E-state index is 12.4. The summed E-state index contributed by atoms with van der Waals surface area (Å²) in [4.78, 5) is 25.5. The zero-order valence-electron chi connectivity index (χ0n) is 19.2. The Hall–Kier alpha value is -2.66. The Balaban J connectivity index is 1.74. The molecule has 0 saturated carbocycles. The minimum Gasteiger partial charge on any atom is -0.351 e. The van der Waals surface area contributed by atoms with Crippen LogP contribution in [-0.2, 0) is 16.0 Å². The molecule has 5 heteroatoms. The number of rotatable bonds is 9. The van der Waals surface area contributed by atoms with Gasteiger partial charge < -0.3 is 15.5 Å². The number of anilines is 1. The standard InChI is InChI=1S/C25H35N3O2/c1-17(2)22-9-7-21(8-10-22)11-12-26-23(29)15-28(6)16-24(30)27-25-19(4)13-18(3)14-20(25)5/h7-10,13-14,17H,11-12,15-16H2,1-6H3,(H,26,29)(H,27,30)/p+1. The van der Waals surface area contributed by atoms with Crippen molar-refractivity contribution < 1.29 is 14.5 Å². The molecule has 0 heterocycles. The van der Waals surface area contributed by atoms with Crippen molar-refractivity contribution in [2.24, 2.45) is 0 Å². The van der Waals surface area contributed by atoms with Gasteiger partial charge in [-0.3, -0.25) is 9.59 Å². The van der Waals surface area contributed by atoms with E-state index in [1.807, 2.05) is 27.8 Å². The molecule has 0 aliphatic heterocycles. The Morgan fingerprint density at radius 1 is 0.933 bits per heavy atom. The number of carbonyl (C=O) groups excluding carboxylic acids is 2. The summed E-state index contributed by atoms with van der Waals surface area (Å²) in [6, 6.07) is 12.7. The molecule has 0 aliphatic rings. The van der Waals surface area contributed by atoms with E-state index < -0.39 is 0 Å². The Kier molecular flexibility index (Phi) is 8.60. The van der Waals surface area contributed by atoms with E-state index in [2.05, 4.69) is 60.9 Å². The second-order valence-electron chi connectivity index (χ2n) is 8.63. The van der Waals surface area contributed by atoms with Gasteiger partial charge in [-0.25, -0.2) is 0 Å². The maximum atomic E-state index is 12.4. The van der Waals surface area contributed by atoms with Crippen LogP contribution in [0.5, 0.6) is 0 Å². The minimum atomic E-state index is -0.0828. The van der Waals surface area contributed by atoms with Gasteiger partial charge in [-0.1, -0.05) is 55.8 Å². The lowest BCUT2D eigenvalue weighted by Gasteiger charge is -2.16. The van der Waals surface area contributed by atoms with E-state index in [-0.39, 0.29) is 24.9 Å². The van der Waals surface area contributed by atoms with Gasteiger partial charge in [-0.2, -0.15) is 0 Å². The average molecular weight is 411 g/mol. The molecule has 0 spiro atoms. The van der Waals surface area contributed by atoms with Gasteiger partial charge in [0.05, 0.1) is 7.05 Å². The highest BCUT2D eigenvalue weighted by Crippen LogP contribution is 2.21. The van der Waals surface area contributed by atoms with Crippen molar-refractivity contribution >= 4 is 17.5 Å². The molecular weight excluding hydrogens is 374 g/mol. The van der Waals surface area contributed by atoms with Gasteiger partial charge in [0, 0.05) is 12.2 Å². The lowest BCUT2D eigenvalue weighted by molar-refractivity contribution is -0.862. The summed E-state index contributed by atoms with van der Waals surface area (Å²) < 4.78 is 0. The monoisotopic (exact) mass is 410 g/mol. The molecule has 30 heavy (non-hydrogen) atoms. The first-order valence-electron chi connectivity index (χ1n) is 10.7. The van der Waals surface area contributed by atoms with Crippen LogP contribution in [0, 0.1) is 20.8 Å². The first kappa shape index (κ1) is 23.6. The van der Waals surface area contributed by atoms with Crippen molar-refractivity contribution in [3.05, 3.63) is 64.2 Å². The molecule has 0 radical (unpaired) electrons. The topological polar surface area (TPSA) is 62.6 Å². The van der Waals surface area contributed by atoms with Crippen molar-refractivity contribution in [2.75, 3.05) is 32.0 Å². The highest BCUT2D eigenvalue weighted by molar-refractivity contribution is 5.93. The summed E-state index contributed by atoms with van der Waals surface area (Å²) in [6.45, 7) is 11.5. The Morgan fingerprint density at radius 2 is 1.50 bits per heavy atom. The normalized spacial score (nSPS) is 12.0. The SMILES string of the molecule is Cc1cc(C)c(NC(=O)C[NH+](C)CC(=O)NCCc2ccc(C(C)C)cc2)c(C)c1. The molecule has 162 valence electrons. The van der Waals surface area contributed by atoms with Crippen LogP contribution in [0.1, 0.15) is 47.6 Å². The van der Waals surface area contributed by atoms with Gasteiger partial charge in [-0.15, -0.1) is 0 Å². The summed E-state index contributed by atoms with van der Waals surface area (Å²) >= 11 is 0. The number of nitrogens with one attached hydrogen (secondary N) is 3. The molecular formula is C25H36N3O2+. The lowest BCUT2D eigenvalue weighted by atomic mass is 10.0. The van der Waals surface area contributed by atoms with Crippen LogP contribution in [0.2, 0.25) is 0 Å². The van der Waals surface area contributed by atoms with E-state index in [1.165, 1.54) is 16.7 Å². The van der Waals surface area contributed by atoms with E-state index in [9.17, 15) is 9.59 Å². The van der Waals surface area contributed by atoms with Gasteiger partial charge in [-0.05, 0) is 55.4 Å². The third-order valence-electron chi connectivity index (χ3n) is 5.25. The zero-order valence-corrected chi connectivity index (χ0v) is 19.2. The van der Waals surface area contributed by atoms with Crippen molar-refractivity contribution in [3.63, 3.8) is 0 Å². The van der Waals surface area contributed by atoms with Crippen LogP contribution < -0.4 is 15.5 Å². The maximum Gasteiger partial charge on any atom is 0.279 e. The number of likely N-dealkylation sites (N-methyl/N-ethyl adjacent to an activating group) is 1. The largest absolute Gasteiger partial charge is 0.351 e. The van der Waals surface area contributed by atoms with Gasteiger partial charge >= 0.3 is 0 Å². The number of carbonyl (C=O) groups is 2. The Bertz CT molecular complexity index is 849. The van der Waals surface area contributed by atoms with Crippen molar-refractivity contribution in [2.45, 2.75) is 47.0 Å². The molecule has 0 bridgehead atoms. The first-order valence-corrected chi connectivity index (χ1v) is 10.7. The van der Waals surface area contributed by atoms with Crippen molar-refractivity contribution in [1.82, 2.24) is 5.32 Å². The van der Waals surface area contributed by atoms with Crippen molar-refractivity contribution in [1.29, 1.82) is 0 Å². The molecule has 0 aliphatic carbocycles. The fraction of sp³-hybridized carbons (Fsp3) is 0.440. The molecule has 2 rings (SSSR count). The third-order valence-corrected chi connectivity index (χ3v) is 5.25. The predicted molar refractivity (Wildman–Crippen MR) is 123 cm³/mol. The van der Waals surface area contributed by atoms with E-state index in [4.69, 9.17) is 0 Å². The molecule has 0 fully saturated rings. The quantitative estimate of drug-likeness (QED) is 0.595. The summed E-state index contributed by atoms with van der Waals surface area (Å²) in [5.74, 6) is 0.399. The number of quaternary nitrogens is 1. The van der Waals surface area contributed by atoms with Crippen LogP contribution in [-0.4, -0.2) is 38.5 Å². The second kappa shape index (κ2) is 10.9. The van der Waals surface area contributed by atoms with Crippen LogP contribution in [0.3, 0.4) is 0 Å². The summed E-state index contributed by atoms with van der Waals surface area (Å²) in [7, 11) is 1.86. The molecule has 0 saturated heterocycles. The van der Waals surface area contributed by atoms with E-state index in [0.717, 1.165) is 28.1 Å². The van der Waals surface area contributed by atoms with Crippen molar-refractivity contribution in [3.8, 4) is 0 Å². The molecule has 0 aromatic heterocycles. The summed E-state index contributed by atoms with van der Waals surface area (Å²) in [5, 5.41) is 5.95. The smallest absolute Gasteiger partial charge is 0.279 e. The second-order valence-corrected chi connectivity index (χ2v) is 8.63. The number of hydrogen-bond acceptors (Lipinski definition) is 2. The first-order chi connectivity index (χ1) is 14.2. The lowest BCUT2D eigenvalue weighted by Crippen LogP contribution is -3.11. The Labute approximate surface area is 180 Å². The average Bonchev–Trinajstić information content (AvgIpc) is 2.64. The van der Waals surface area contributed by atoms with Gasteiger partial charge in [0.2, 0.25) is 0 Å². The molecule has 2 aromatic rings. The highest BCUT2D eigenvalue weighted by Gasteiger charge is 2.15. The van der Waals surface area contributed by atoms with Crippen LogP contribution in [0.4, 0.5) is 5.69 Å². The van der Waals surface area contributed by atoms with Gasteiger partial charge in [0.1, 0.15) is 0 Å². The highest BCUT2D eigenvalue weighted by atomic mass is 16.2. The summed E-state index contributed by atoms with van der Waals surface area (Å²) in [5.41, 5.74) is 6.69. The van der Waals surface area contributed by atoms with E-state index >= 15 is 0 Å². The Morgan fingerprint density at radius 3 is 2.07 bits per heavy atom. The molecule has 5 nitrogen and oxygen atoms in total. The number of benzene rings is 2. The minimum absolute atomic E-state index is 0.0400. The van der Waals surface area contributed by atoms with Crippen LogP contribution in [0.15, 0.2) is 36.4 Å². The third kappa shape index (κ3) is 7.30. The molecule has 2 amide bonds. The molecule has 2 aromatic carbocycles. The summed E-state index contributed by atoms with van der Waals surface area (Å²) in [6.07, 6.45) is 0.801. The fourth-order valence-corrected chi connectivity index (χ4v) is 3.65. The van der Waals surface area contributed by atoms with Gasteiger partial charge in [0.15, 0.2) is 13.1 Å². The fourth-order valence-electron chi connectivity index (χ4n) is 3.65. The van der Waals surface area contributed by atoms with E-state index in [0.29, 0.717) is 12.5 Å². The molecule has 1 atom stereocenters. The zero-order chi connectivity index (χ0) is 22.3. The molecule has 1 unspecified atom stereocenters. The predicted octanol–water partition coefficient (Wildman–Crippen LogP) is 2.55. The van der Waals surface area contributed by atoms with Gasteiger partial charge in [0.25, 0.3) is 11.8 Å². The van der Waals surface area contributed by atoms with Crippen LogP contribution >= 0.6 is 0 Å². The van der Waals surface area contributed by atoms with Crippen LogP contribution in [0.25, 0.3) is 0 Å². The number of hydrogen-bond donors (Lipinski definition) is 3. The molecule has 3 N–H and O–H groups in total.